The lowest BCUT2D eigenvalue weighted by molar-refractivity contribution is 0.0961. The Labute approximate surface area is 147 Å². The molecule has 0 saturated carbocycles. The molecule has 0 saturated heterocycles. The molecule has 0 spiro atoms. The minimum Gasteiger partial charge on any atom is -0.451 e. The quantitative estimate of drug-likeness (QED) is 0.505. The van der Waals surface area contributed by atoms with E-state index in [2.05, 4.69) is 0 Å². The first kappa shape index (κ1) is 14.6. The molecule has 0 aliphatic heterocycles. The Morgan fingerprint density at radius 1 is 0.885 bits per heavy atom. The molecule has 5 nitrogen and oxygen atoms in total. The number of primary amides is 1. The Hall–Kier alpha value is -3.73. The molecule has 5 rings (SSSR count). The molecule has 26 heavy (non-hydrogen) atoms. The largest absolute Gasteiger partial charge is 0.451 e. The molecular weight excluding hydrogens is 330 g/mol. The number of fused-ring (bicyclic) bond motifs is 6. The van der Waals surface area contributed by atoms with Gasteiger partial charge in [0.25, 0.3) is 5.91 Å². The third-order valence-corrected chi connectivity index (χ3v) is 4.80. The van der Waals surface area contributed by atoms with E-state index in [1.807, 2.05) is 24.3 Å². The summed E-state index contributed by atoms with van der Waals surface area (Å²) in [4.78, 5) is 37.9. The number of hydrogen-bond donors (Lipinski definition) is 1. The van der Waals surface area contributed by atoms with Gasteiger partial charge in [-0.1, -0.05) is 48.5 Å². The van der Waals surface area contributed by atoms with Gasteiger partial charge in [0.2, 0.25) is 5.78 Å². The van der Waals surface area contributed by atoms with Gasteiger partial charge in [0.1, 0.15) is 5.58 Å². The molecule has 1 amide bonds. The van der Waals surface area contributed by atoms with Crippen molar-refractivity contribution in [2.75, 3.05) is 0 Å². The van der Waals surface area contributed by atoms with Crippen LogP contribution in [0.5, 0.6) is 0 Å². The Bertz CT molecular complexity index is 1300. The minimum atomic E-state index is -0.677. The first-order chi connectivity index (χ1) is 12.6. The van der Waals surface area contributed by atoms with E-state index in [-0.39, 0.29) is 34.0 Å². The van der Waals surface area contributed by atoms with Crippen molar-refractivity contribution in [3.63, 3.8) is 0 Å². The van der Waals surface area contributed by atoms with Crippen LogP contribution in [0, 0.1) is 0 Å². The van der Waals surface area contributed by atoms with Gasteiger partial charge < -0.3 is 10.2 Å². The van der Waals surface area contributed by atoms with Crippen molar-refractivity contribution in [1.29, 1.82) is 0 Å². The second kappa shape index (κ2) is 4.89. The van der Waals surface area contributed by atoms with Crippen LogP contribution in [0.25, 0.3) is 21.7 Å². The first-order valence-corrected chi connectivity index (χ1v) is 8.04. The van der Waals surface area contributed by atoms with Crippen LogP contribution >= 0.6 is 0 Å². The van der Waals surface area contributed by atoms with Gasteiger partial charge >= 0.3 is 0 Å². The van der Waals surface area contributed by atoms with Crippen molar-refractivity contribution in [1.82, 2.24) is 0 Å². The summed E-state index contributed by atoms with van der Waals surface area (Å²) in [5.74, 6) is -1.38. The standard InChI is InChI=1S/C21H11NO4/c22-21(25)14-9-10-5-1-2-6-11(10)15-16-17(23)12-7-3-4-8-13(12)18(24)20(16)26-19(14)15/h1-9H,(H2,22,25). The van der Waals surface area contributed by atoms with Crippen LogP contribution in [0.1, 0.15) is 42.4 Å². The molecule has 1 aliphatic carbocycles. The number of ketones is 2. The second-order valence-electron chi connectivity index (χ2n) is 6.22. The van der Waals surface area contributed by atoms with Gasteiger partial charge in [0.15, 0.2) is 11.5 Å². The normalized spacial score (nSPS) is 13.1. The average Bonchev–Trinajstić information content (AvgIpc) is 3.06. The first-order valence-electron chi connectivity index (χ1n) is 8.04. The maximum absolute atomic E-state index is 13.1. The Kier molecular flexibility index (Phi) is 2.75. The third-order valence-electron chi connectivity index (χ3n) is 4.80. The van der Waals surface area contributed by atoms with Crippen molar-refractivity contribution >= 4 is 39.2 Å². The van der Waals surface area contributed by atoms with E-state index in [1.54, 1.807) is 30.3 Å². The summed E-state index contributed by atoms with van der Waals surface area (Å²) < 4.78 is 5.76. The van der Waals surface area contributed by atoms with E-state index in [0.29, 0.717) is 16.5 Å². The predicted molar refractivity (Wildman–Crippen MR) is 95.5 cm³/mol. The predicted octanol–water partition coefficient (Wildman–Crippen LogP) is 3.46. The van der Waals surface area contributed by atoms with Crippen molar-refractivity contribution in [3.8, 4) is 0 Å². The van der Waals surface area contributed by atoms with Gasteiger partial charge in [-0.05, 0) is 16.8 Å². The highest BCUT2D eigenvalue weighted by molar-refractivity contribution is 6.34. The van der Waals surface area contributed by atoms with Gasteiger partial charge in [-0.3, -0.25) is 14.4 Å². The van der Waals surface area contributed by atoms with Crippen LogP contribution < -0.4 is 5.73 Å². The fourth-order valence-electron chi connectivity index (χ4n) is 3.65. The lowest BCUT2D eigenvalue weighted by Gasteiger charge is -2.13. The summed E-state index contributed by atoms with van der Waals surface area (Å²) in [5.41, 5.74) is 6.67. The number of nitrogens with two attached hydrogens (primary N) is 1. The van der Waals surface area contributed by atoms with E-state index in [4.69, 9.17) is 10.2 Å². The smallest absolute Gasteiger partial charge is 0.252 e. The number of carbonyl (C=O) groups excluding carboxylic acids is 3. The minimum absolute atomic E-state index is 0.0393. The number of carbonyl (C=O) groups is 3. The monoisotopic (exact) mass is 341 g/mol. The summed E-state index contributed by atoms with van der Waals surface area (Å²) in [6, 6.07) is 15.6. The van der Waals surface area contributed by atoms with Crippen LogP contribution in [-0.2, 0) is 0 Å². The summed E-state index contributed by atoms with van der Waals surface area (Å²) >= 11 is 0. The summed E-state index contributed by atoms with van der Waals surface area (Å²) in [5, 5.41) is 1.94. The van der Waals surface area contributed by atoms with Crippen LogP contribution in [0.4, 0.5) is 0 Å². The number of hydrogen-bond acceptors (Lipinski definition) is 4. The molecule has 0 atom stereocenters. The maximum atomic E-state index is 13.1. The van der Waals surface area contributed by atoms with E-state index < -0.39 is 5.91 Å². The second-order valence-corrected chi connectivity index (χ2v) is 6.22. The molecule has 4 aromatic rings. The molecule has 0 bridgehead atoms. The SMILES string of the molecule is NC(=O)c1cc2ccccc2c2c3c(oc12)C(=O)c1ccccc1C3=O. The van der Waals surface area contributed by atoms with E-state index in [9.17, 15) is 14.4 Å². The van der Waals surface area contributed by atoms with Crippen molar-refractivity contribution in [2.45, 2.75) is 0 Å². The number of amides is 1. The molecule has 3 aromatic carbocycles. The number of furan rings is 1. The molecule has 0 radical (unpaired) electrons. The fourth-order valence-corrected chi connectivity index (χ4v) is 3.65. The lowest BCUT2D eigenvalue weighted by atomic mass is 9.86. The number of benzene rings is 3. The van der Waals surface area contributed by atoms with Crippen molar-refractivity contribution < 1.29 is 18.8 Å². The molecule has 1 aromatic heterocycles. The molecule has 1 aliphatic rings. The van der Waals surface area contributed by atoms with Crippen molar-refractivity contribution in [2.24, 2.45) is 5.73 Å². The van der Waals surface area contributed by atoms with E-state index >= 15 is 0 Å². The van der Waals surface area contributed by atoms with Gasteiger partial charge in [0.05, 0.1) is 11.1 Å². The molecule has 5 heteroatoms. The van der Waals surface area contributed by atoms with Gasteiger partial charge in [-0.15, -0.1) is 0 Å². The third kappa shape index (κ3) is 1.71. The van der Waals surface area contributed by atoms with E-state index in [1.165, 1.54) is 0 Å². The highest BCUT2D eigenvalue weighted by atomic mass is 16.3. The fraction of sp³-hybridized carbons (Fsp3) is 0. The molecule has 0 unspecified atom stereocenters. The van der Waals surface area contributed by atoms with Crippen LogP contribution in [0.3, 0.4) is 0 Å². The Balaban J connectivity index is 2.01. The van der Waals surface area contributed by atoms with Crippen LogP contribution in [0.2, 0.25) is 0 Å². The zero-order valence-electron chi connectivity index (χ0n) is 13.4. The Morgan fingerprint density at radius 3 is 2.27 bits per heavy atom. The van der Waals surface area contributed by atoms with Crippen molar-refractivity contribution in [3.05, 3.63) is 82.6 Å². The molecule has 0 fully saturated rings. The highest BCUT2D eigenvalue weighted by Gasteiger charge is 2.36. The molecule has 2 N–H and O–H groups in total. The van der Waals surface area contributed by atoms with Crippen LogP contribution in [0.15, 0.2) is 59.0 Å². The molecular formula is C21H11NO4. The highest BCUT2D eigenvalue weighted by Crippen LogP contribution is 2.40. The van der Waals surface area contributed by atoms with Crippen LogP contribution in [-0.4, -0.2) is 17.5 Å². The number of rotatable bonds is 1. The average molecular weight is 341 g/mol. The molecule has 124 valence electrons. The van der Waals surface area contributed by atoms with Gasteiger partial charge in [-0.25, -0.2) is 0 Å². The topological polar surface area (TPSA) is 90.4 Å². The summed E-state index contributed by atoms with van der Waals surface area (Å²) in [6.07, 6.45) is 0. The molecule has 1 heterocycles. The Morgan fingerprint density at radius 2 is 1.54 bits per heavy atom. The van der Waals surface area contributed by atoms with Gasteiger partial charge in [0, 0.05) is 16.5 Å². The van der Waals surface area contributed by atoms with Gasteiger partial charge in [-0.2, -0.15) is 0 Å². The maximum Gasteiger partial charge on any atom is 0.252 e. The lowest BCUT2D eigenvalue weighted by Crippen LogP contribution is -2.19. The zero-order chi connectivity index (χ0) is 18.0. The zero-order valence-corrected chi connectivity index (χ0v) is 13.4. The van der Waals surface area contributed by atoms with E-state index in [0.717, 1.165) is 10.8 Å². The summed E-state index contributed by atoms with van der Waals surface area (Å²) in [6.45, 7) is 0. The summed E-state index contributed by atoms with van der Waals surface area (Å²) in [7, 11) is 0.